The van der Waals surface area contributed by atoms with Crippen LogP contribution in [0.1, 0.15) is 31.5 Å². The molecule has 9 heteroatoms. The Morgan fingerprint density at radius 3 is 2.61 bits per heavy atom. The molecule has 2 aliphatic rings. The number of piperazine rings is 1. The molecule has 1 aromatic heterocycles. The summed E-state index contributed by atoms with van der Waals surface area (Å²) in [5.74, 6) is 2.21. The Hall–Kier alpha value is -1.36. The first-order valence-corrected chi connectivity index (χ1v) is 10.1. The van der Waals surface area contributed by atoms with Crippen molar-refractivity contribution in [1.82, 2.24) is 30.0 Å². The maximum atomic E-state index is 11.9. The summed E-state index contributed by atoms with van der Waals surface area (Å²) in [6.45, 7) is 8.10. The molecule has 158 valence electrons. The van der Waals surface area contributed by atoms with Gasteiger partial charge in [-0.2, -0.15) is 0 Å². The van der Waals surface area contributed by atoms with Crippen molar-refractivity contribution in [1.29, 1.82) is 0 Å². The zero-order chi connectivity index (χ0) is 19.1. The van der Waals surface area contributed by atoms with Crippen LogP contribution in [0.25, 0.3) is 0 Å². The minimum absolute atomic E-state index is 0. The van der Waals surface area contributed by atoms with Gasteiger partial charge in [-0.05, 0) is 32.6 Å². The fourth-order valence-electron chi connectivity index (χ4n) is 3.40. The summed E-state index contributed by atoms with van der Waals surface area (Å²) in [5.41, 5.74) is 0. The highest BCUT2D eigenvalue weighted by molar-refractivity contribution is 14.0. The number of imidazole rings is 1. The zero-order valence-electron chi connectivity index (χ0n) is 17.1. The van der Waals surface area contributed by atoms with Crippen molar-refractivity contribution in [2.75, 3.05) is 46.3 Å². The third-order valence-corrected chi connectivity index (χ3v) is 5.23. The zero-order valence-corrected chi connectivity index (χ0v) is 19.4. The molecular weight excluding hydrogens is 469 g/mol. The minimum Gasteiger partial charge on any atom is -0.356 e. The number of halogens is 1. The molecule has 0 spiro atoms. The molecule has 2 heterocycles. The van der Waals surface area contributed by atoms with Gasteiger partial charge in [0.25, 0.3) is 0 Å². The monoisotopic (exact) mass is 503 g/mol. The average Bonchev–Trinajstić information content (AvgIpc) is 3.38. The molecule has 0 unspecified atom stereocenters. The number of hydrogen-bond donors (Lipinski definition) is 2. The molecule has 1 saturated carbocycles. The van der Waals surface area contributed by atoms with E-state index in [0.717, 1.165) is 76.7 Å². The number of nitrogens with one attached hydrogen (secondary N) is 2. The van der Waals surface area contributed by atoms with Gasteiger partial charge < -0.3 is 20.1 Å². The van der Waals surface area contributed by atoms with Gasteiger partial charge in [-0.15, -0.1) is 24.0 Å². The summed E-state index contributed by atoms with van der Waals surface area (Å²) in [5, 5.41) is 6.54. The van der Waals surface area contributed by atoms with Crippen LogP contribution < -0.4 is 10.6 Å². The van der Waals surface area contributed by atoms with Crippen LogP contribution in [0, 0.1) is 6.92 Å². The van der Waals surface area contributed by atoms with E-state index >= 15 is 0 Å². The van der Waals surface area contributed by atoms with Gasteiger partial charge in [-0.3, -0.25) is 14.7 Å². The molecule has 0 bridgehead atoms. The second-order valence-electron chi connectivity index (χ2n) is 7.45. The highest BCUT2D eigenvalue weighted by Crippen LogP contribution is 2.18. The molecule has 1 amide bonds. The molecule has 28 heavy (non-hydrogen) atoms. The van der Waals surface area contributed by atoms with Crippen molar-refractivity contribution in [2.45, 2.75) is 45.2 Å². The molecule has 3 rings (SSSR count). The molecule has 2 fully saturated rings. The summed E-state index contributed by atoms with van der Waals surface area (Å²) in [4.78, 5) is 25.1. The Balaban J connectivity index is 0.00000280. The van der Waals surface area contributed by atoms with Crippen LogP contribution in [0.2, 0.25) is 0 Å². The van der Waals surface area contributed by atoms with Crippen molar-refractivity contribution >= 4 is 35.8 Å². The van der Waals surface area contributed by atoms with E-state index in [0.29, 0.717) is 12.6 Å². The molecule has 0 radical (unpaired) electrons. The van der Waals surface area contributed by atoms with Gasteiger partial charge in [0.1, 0.15) is 5.82 Å². The molecule has 0 atom stereocenters. The van der Waals surface area contributed by atoms with E-state index in [4.69, 9.17) is 0 Å². The number of hydrogen-bond acceptors (Lipinski definition) is 4. The van der Waals surface area contributed by atoms with Crippen LogP contribution in [-0.2, 0) is 11.3 Å². The fourth-order valence-corrected chi connectivity index (χ4v) is 3.40. The van der Waals surface area contributed by atoms with E-state index in [1.807, 2.05) is 26.4 Å². The van der Waals surface area contributed by atoms with Crippen LogP contribution in [-0.4, -0.2) is 83.6 Å². The van der Waals surface area contributed by atoms with E-state index < -0.39 is 0 Å². The quantitative estimate of drug-likeness (QED) is 0.240. The van der Waals surface area contributed by atoms with Crippen molar-refractivity contribution in [2.24, 2.45) is 4.99 Å². The second kappa shape index (κ2) is 11.6. The first-order chi connectivity index (χ1) is 13.2. The van der Waals surface area contributed by atoms with E-state index in [-0.39, 0.29) is 29.9 Å². The minimum atomic E-state index is 0. The van der Waals surface area contributed by atoms with E-state index in [1.165, 1.54) is 0 Å². The summed E-state index contributed by atoms with van der Waals surface area (Å²) < 4.78 is 2.19. The predicted molar refractivity (Wildman–Crippen MR) is 122 cm³/mol. The van der Waals surface area contributed by atoms with Gasteiger partial charge >= 0.3 is 0 Å². The number of aromatic nitrogens is 2. The highest BCUT2D eigenvalue weighted by atomic mass is 127. The van der Waals surface area contributed by atoms with Gasteiger partial charge in [0, 0.05) is 64.8 Å². The molecule has 1 saturated heterocycles. The Labute approximate surface area is 185 Å². The molecular formula is C19H34IN7O. The Kier molecular flexibility index (Phi) is 9.49. The Morgan fingerprint density at radius 2 is 2.00 bits per heavy atom. The van der Waals surface area contributed by atoms with Crippen molar-refractivity contribution < 1.29 is 4.79 Å². The van der Waals surface area contributed by atoms with Gasteiger partial charge in [-0.1, -0.05) is 0 Å². The van der Waals surface area contributed by atoms with Crippen LogP contribution in [0.5, 0.6) is 0 Å². The maximum Gasteiger partial charge on any atom is 0.234 e. The number of amides is 1. The third-order valence-electron chi connectivity index (χ3n) is 5.23. The fraction of sp³-hybridized carbons (Fsp3) is 0.737. The maximum absolute atomic E-state index is 11.9. The van der Waals surface area contributed by atoms with Crippen LogP contribution in [0.3, 0.4) is 0 Å². The van der Waals surface area contributed by atoms with Crippen molar-refractivity contribution in [3.05, 3.63) is 18.2 Å². The van der Waals surface area contributed by atoms with Crippen LogP contribution >= 0.6 is 24.0 Å². The van der Waals surface area contributed by atoms with Gasteiger partial charge in [0.2, 0.25) is 5.91 Å². The van der Waals surface area contributed by atoms with Crippen LogP contribution in [0.4, 0.5) is 0 Å². The number of carbonyl (C=O) groups excluding carboxylic acids is 1. The highest BCUT2D eigenvalue weighted by Gasteiger charge is 2.25. The molecule has 1 aliphatic heterocycles. The lowest BCUT2D eigenvalue weighted by atomic mass is 10.3. The van der Waals surface area contributed by atoms with E-state index in [2.05, 4.69) is 35.0 Å². The molecule has 0 aromatic carbocycles. The lowest BCUT2D eigenvalue weighted by molar-refractivity contribution is -0.122. The summed E-state index contributed by atoms with van der Waals surface area (Å²) in [6, 6.07) is 0.444. The smallest absolute Gasteiger partial charge is 0.234 e. The SMILES string of the molecule is CN=C(NCCCCn1ccnc1C)N1CCN(CC(=O)NC2CC2)CC1.I. The summed E-state index contributed by atoms with van der Waals surface area (Å²) in [6.07, 6.45) is 8.38. The van der Waals surface area contributed by atoms with Crippen molar-refractivity contribution in [3.63, 3.8) is 0 Å². The number of rotatable bonds is 8. The number of aliphatic imine (C=N–C) groups is 1. The average molecular weight is 503 g/mol. The van der Waals surface area contributed by atoms with E-state index in [9.17, 15) is 4.79 Å². The van der Waals surface area contributed by atoms with Gasteiger partial charge in [-0.25, -0.2) is 4.98 Å². The van der Waals surface area contributed by atoms with Gasteiger partial charge in [0.05, 0.1) is 6.54 Å². The lowest BCUT2D eigenvalue weighted by Crippen LogP contribution is -2.54. The number of guanidine groups is 1. The first-order valence-electron chi connectivity index (χ1n) is 10.1. The molecule has 8 nitrogen and oxygen atoms in total. The third kappa shape index (κ3) is 7.23. The van der Waals surface area contributed by atoms with Crippen LogP contribution in [0.15, 0.2) is 17.4 Å². The Bertz CT molecular complexity index is 636. The number of aryl methyl sites for hydroxylation is 2. The number of carbonyl (C=O) groups is 1. The first kappa shape index (κ1) is 22.9. The summed E-state index contributed by atoms with van der Waals surface area (Å²) >= 11 is 0. The van der Waals surface area contributed by atoms with Gasteiger partial charge in [0.15, 0.2) is 5.96 Å². The standard InChI is InChI=1S/C19H33N7O.HI/c1-16-21-8-10-25(16)9-4-3-7-22-19(20-2)26-13-11-24(12-14-26)15-18(27)23-17-5-6-17;/h8,10,17H,3-7,9,11-15H2,1-2H3,(H,20,22)(H,23,27);1H. The molecule has 1 aromatic rings. The van der Waals surface area contributed by atoms with E-state index in [1.54, 1.807) is 0 Å². The lowest BCUT2D eigenvalue weighted by Gasteiger charge is -2.36. The normalized spacial score (nSPS) is 17.9. The Morgan fingerprint density at radius 1 is 1.25 bits per heavy atom. The predicted octanol–water partition coefficient (Wildman–Crippen LogP) is 1.06. The molecule has 1 aliphatic carbocycles. The molecule has 2 N–H and O–H groups in total. The second-order valence-corrected chi connectivity index (χ2v) is 7.45. The largest absolute Gasteiger partial charge is 0.356 e. The number of unbranched alkanes of at least 4 members (excludes halogenated alkanes) is 1. The van der Waals surface area contributed by atoms with Crippen molar-refractivity contribution in [3.8, 4) is 0 Å². The topological polar surface area (TPSA) is 77.8 Å². The number of nitrogens with zero attached hydrogens (tertiary/aromatic N) is 5. The summed E-state index contributed by atoms with van der Waals surface area (Å²) in [7, 11) is 1.84.